The first kappa shape index (κ1) is 30.2. The molecule has 0 spiro atoms. The lowest BCUT2D eigenvalue weighted by Crippen LogP contribution is -2.49. The van der Waals surface area contributed by atoms with E-state index in [-0.39, 0.29) is 48.5 Å². The summed E-state index contributed by atoms with van der Waals surface area (Å²) in [6, 6.07) is 11.0. The van der Waals surface area contributed by atoms with Crippen molar-refractivity contribution in [2.75, 3.05) is 23.7 Å². The average molecular weight is 577 g/mol. The van der Waals surface area contributed by atoms with Crippen molar-refractivity contribution in [3.8, 4) is 0 Å². The third-order valence-corrected chi connectivity index (χ3v) is 7.67. The van der Waals surface area contributed by atoms with Gasteiger partial charge in [-0.1, -0.05) is 66.8 Å². The molecule has 0 aliphatic heterocycles. The summed E-state index contributed by atoms with van der Waals surface area (Å²) >= 11 is 18.6. The maximum absolute atomic E-state index is 13.4. The topological polar surface area (TPSA) is 86.8 Å². The molecular weight excluding hydrogens is 545 g/mol. The lowest BCUT2D eigenvalue weighted by molar-refractivity contribution is -0.141. The van der Waals surface area contributed by atoms with E-state index in [9.17, 15) is 18.0 Å². The smallest absolute Gasteiger partial charge is 0.242 e. The minimum Gasteiger partial charge on any atom is -0.354 e. The zero-order valence-corrected chi connectivity index (χ0v) is 23.7. The van der Waals surface area contributed by atoms with Gasteiger partial charge in [0.2, 0.25) is 21.8 Å². The normalized spacial score (nSPS) is 12.2. The summed E-state index contributed by atoms with van der Waals surface area (Å²) in [4.78, 5) is 27.8. The van der Waals surface area contributed by atoms with Crippen LogP contribution in [0.5, 0.6) is 0 Å². The molecule has 0 bridgehead atoms. The summed E-state index contributed by atoms with van der Waals surface area (Å²) in [6.07, 6.45) is 2.49. The zero-order chi connectivity index (χ0) is 26.9. The summed E-state index contributed by atoms with van der Waals surface area (Å²) in [5.41, 5.74) is 0.968. The number of hydrogen-bond donors (Lipinski definition) is 1. The van der Waals surface area contributed by atoms with E-state index in [0.29, 0.717) is 23.0 Å². The van der Waals surface area contributed by atoms with Gasteiger partial charge in [-0.2, -0.15) is 0 Å². The first-order valence-electron chi connectivity index (χ1n) is 11.7. The number of nitrogens with zero attached hydrogens (tertiary/aromatic N) is 2. The monoisotopic (exact) mass is 575 g/mol. The van der Waals surface area contributed by atoms with E-state index in [1.54, 1.807) is 18.2 Å². The van der Waals surface area contributed by atoms with E-state index in [2.05, 4.69) is 5.32 Å². The molecule has 1 N–H and O–H groups in total. The lowest BCUT2D eigenvalue weighted by atomic mass is 10.1. The second-order valence-corrected chi connectivity index (χ2v) is 11.5. The van der Waals surface area contributed by atoms with Crippen LogP contribution >= 0.6 is 34.8 Å². The molecular formula is C25H32Cl3N3O4S. The number of anilines is 1. The maximum atomic E-state index is 13.4. The minimum atomic E-state index is -3.69. The number of amides is 2. The van der Waals surface area contributed by atoms with Gasteiger partial charge in [0.1, 0.15) is 6.04 Å². The molecule has 198 valence electrons. The van der Waals surface area contributed by atoms with Crippen LogP contribution in [-0.2, 0) is 26.2 Å². The Morgan fingerprint density at radius 1 is 1.03 bits per heavy atom. The first-order chi connectivity index (χ1) is 17.0. The average Bonchev–Trinajstić information content (AvgIpc) is 2.82. The number of sulfonamides is 1. The van der Waals surface area contributed by atoms with Crippen LogP contribution in [0.1, 0.15) is 45.1 Å². The van der Waals surface area contributed by atoms with Crippen LogP contribution in [0, 0.1) is 0 Å². The molecule has 0 radical (unpaired) electrons. The molecule has 1 atom stereocenters. The molecule has 0 heterocycles. The second-order valence-electron chi connectivity index (χ2n) is 8.36. The number of carbonyl (C=O) groups excluding carboxylic acids is 2. The van der Waals surface area contributed by atoms with Crippen molar-refractivity contribution in [3.05, 3.63) is 63.1 Å². The van der Waals surface area contributed by atoms with Crippen LogP contribution < -0.4 is 9.62 Å². The highest BCUT2D eigenvalue weighted by Gasteiger charge is 2.29. The van der Waals surface area contributed by atoms with Gasteiger partial charge in [0.15, 0.2) is 0 Å². The second kappa shape index (κ2) is 14.1. The van der Waals surface area contributed by atoms with E-state index >= 15 is 0 Å². The highest BCUT2D eigenvalue weighted by Crippen LogP contribution is 2.31. The van der Waals surface area contributed by atoms with Gasteiger partial charge >= 0.3 is 0 Å². The summed E-state index contributed by atoms with van der Waals surface area (Å²) in [5.74, 6) is -0.512. The Labute approximate surface area is 228 Å². The number of hydrogen-bond acceptors (Lipinski definition) is 4. The predicted octanol–water partition coefficient (Wildman–Crippen LogP) is 5.53. The molecule has 7 nitrogen and oxygen atoms in total. The molecule has 36 heavy (non-hydrogen) atoms. The Morgan fingerprint density at radius 2 is 1.72 bits per heavy atom. The van der Waals surface area contributed by atoms with E-state index in [4.69, 9.17) is 34.8 Å². The van der Waals surface area contributed by atoms with Crippen LogP contribution in [0.4, 0.5) is 5.69 Å². The number of nitrogens with one attached hydrogen (secondary N) is 1. The van der Waals surface area contributed by atoms with Gasteiger partial charge in [0.05, 0.1) is 17.0 Å². The molecule has 2 rings (SSSR count). The largest absolute Gasteiger partial charge is 0.354 e. The first-order valence-corrected chi connectivity index (χ1v) is 14.7. The van der Waals surface area contributed by atoms with Crippen molar-refractivity contribution in [2.45, 2.75) is 52.1 Å². The van der Waals surface area contributed by atoms with Gasteiger partial charge in [-0.15, -0.1) is 0 Å². The fourth-order valence-corrected chi connectivity index (χ4v) is 5.36. The Kier molecular flexibility index (Phi) is 11.8. The van der Waals surface area contributed by atoms with Crippen LogP contribution in [0.15, 0.2) is 42.5 Å². The number of halogens is 3. The molecule has 11 heteroatoms. The van der Waals surface area contributed by atoms with Crippen LogP contribution in [0.2, 0.25) is 15.1 Å². The Morgan fingerprint density at radius 3 is 2.33 bits per heavy atom. The van der Waals surface area contributed by atoms with Crippen LogP contribution in [-0.4, -0.2) is 50.5 Å². The van der Waals surface area contributed by atoms with Gasteiger partial charge < -0.3 is 10.2 Å². The van der Waals surface area contributed by atoms with Crippen LogP contribution in [0.25, 0.3) is 0 Å². The van der Waals surface area contributed by atoms with Gasteiger partial charge in [0.25, 0.3) is 0 Å². The molecule has 0 saturated carbocycles. The number of benzene rings is 2. The Balaban J connectivity index is 2.25. The number of rotatable bonds is 13. The SMILES string of the molecule is CCCNC(=O)[C@H](CC)N(Cc1ccccc1Cl)C(=O)CCCN(c1cc(Cl)ccc1Cl)S(C)(=O)=O. The van der Waals surface area contributed by atoms with E-state index in [0.717, 1.165) is 22.5 Å². The molecule has 0 saturated heterocycles. The molecule has 2 aromatic rings. The highest BCUT2D eigenvalue weighted by molar-refractivity contribution is 7.92. The fraction of sp³-hybridized carbons (Fsp3) is 0.440. The van der Waals surface area contributed by atoms with Crippen molar-refractivity contribution in [1.82, 2.24) is 10.2 Å². The van der Waals surface area contributed by atoms with Crippen molar-refractivity contribution in [2.24, 2.45) is 0 Å². The highest BCUT2D eigenvalue weighted by atomic mass is 35.5. The lowest BCUT2D eigenvalue weighted by Gasteiger charge is -2.31. The van der Waals surface area contributed by atoms with Gasteiger partial charge in [-0.25, -0.2) is 8.42 Å². The summed E-state index contributed by atoms with van der Waals surface area (Å²) < 4.78 is 26.1. The summed E-state index contributed by atoms with van der Waals surface area (Å²) in [5, 5.41) is 3.94. The van der Waals surface area contributed by atoms with Crippen molar-refractivity contribution < 1.29 is 18.0 Å². The third-order valence-electron chi connectivity index (χ3n) is 5.56. The standard InChI is InChI=1S/C25H32Cl3N3O4S/c1-4-14-29-25(33)22(5-2)30(17-18-9-6-7-10-20(18)27)24(32)11-8-15-31(36(3,34)35)23-16-19(26)12-13-21(23)28/h6-7,9-10,12-13,16,22H,4-5,8,11,14-15,17H2,1-3H3,(H,29,33)/t22-/m0/s1. The van der Waals surface area contributed by atoms with Crippen LogP contribution in [0.3, 0.4) is 0 Å². The quantitative estimate of drug-likeness (QED) is 0.340. The van der Waals surface area contributed by atoms with Gasteiger partial charge in [0, 0.05) is 36.1 Å². The molecule has 0 aliphatic rings. The Bertz CT molecular complexity index is 1160. The fourth-order valence-electron chi connectivity index (χ4n) is 3.76. The Hall–Kier alpha value is -2.00. The van der Waals surface area contributed by atoms with Crippen molar-refractivity contribution in [3.63, 3.8) is 0 Å². The summed E-state index contributed by atoms with van der Waals surface area (Å²) in [7, 11) is -3.69. The van der Waals surface area contributed by atoms with Crippen molar-refractivity contribution >= 4 is 62.3 Å². The molecule has 2 amide bonds. The van der Waals surface area contributed by atoms with E-state index < -0.39 is 16.1 Å². The minimum absolute atomic E-state index is 0.0173. The number of carbonyl (C=O) groups is 2. The molecule has 0 aliphatic carbocycles. The molecule has 0 unspecified atom stereocenters. The third kappa shape index (κ3) is 8.54. The van der Waals surface area contributed by atoms with Crippen molar-refractivity contribution in [1.29, 1.82) is 0 Å². The molecule has 0 aromatic heterocycles. The predicted molar refractivity (Wildman–Crippen MR) is 147 cm³/mol. The molecule has 0 fully saturated rings. The molecule has 2 aromatic carbocycles. The summed E-state index contributed by atoms with van der Waals surface area (Å²) in [6.45, 7) is 4.48. The van der Waals surface area contributed by atoms with E-state index in [1.165, 1.54) is 17.0 Å². The zero-order valence-electron chi connectivity index (χ0n) is 20.6. The van der Waals surface area contributed by atoms with Gasteiger partial charge in [-0.3, -0.25) is 13.9 Å². The maximum Gasteiger partial charge on any atom is 0.242 e. The van der Waals surface area contributed by atoms with E-state index in [1.807, 2.05) is 26.0 Å². The van der Waals surface area contributed by atoms with Gasteiger partial charge in [-0.05, 0) is 49.1 Å².